The zero-order chi connectivity index (χ0) is 14.2. The molecule has 1 aliphatic carbocycles. The first-order valence-corrected chi connectivity index (χ1v) is 7.91. The quantitative estimate of drug-likeness (QED) is 0.853. The van der Waals surface area contributed by atoms with Gasteiger partial charge in [-0.3, -0.25) is 0 Å². The molecule has 0 spiro atoms. The van der Waals surface area contributed by atoms with E-state index in [0.717, 1.165) is 5.56 Å². The van der Waals surface area contributed by atoms with E-state index in [1.807, 2.05) is 39.8 Å². The summed E-state index contributed by atoms with van der Waals surface area (Å²) in [6, 6.07) is 5.19. The van der Waals surface area contributed by atoms with Crippen LogP contribution in [0.25, 0.3) is 0 Å². The smallest absolute Gasteiger partial charge is 0.136 e. The molecular formula is C15H22FNOS. The molecule has 1 aliphatic rings. The van der Waals surface area contributed by atoms with E-state index < -0.39 is 11.4 Å². The number of halogens is 1. The van der Waals surface area contributed by atoms with Gasteiger partial charge in [0.15, 0.2) is 0 Å². The van der Waals surface area contributed by atoms with E-state index in [1.165, 1.54) is 12.8 Å². The Morgan fingerprint density at radius 1 is 1.37 bits per heavy atom. The van der Waals surface area contributed by atoms with Gasteiger partial charge in [-0.25, -0.2) is 4.39 Å². The van der Waals surface area contributed by atoms with Gasteiger partial charge in [-0.15, -0.1) is 4.72 Å². The molecule has 1 unspecified atom stereocenters. The maximum absolute atomic E-state index is 14.1. The second-order valence-electron chi connectivity index (χ2n) is 6.28. The van der Waals surface area contributed by atoms with Gasteiger partial charge in [0.2, 0.25) is 0 Å². The van der Waals surface area contributed by atoms with Gasteiger partial charge in [-0.1, -0.05) is 12.1 Å². The summed E-state index contributed by atoms with van der Waals surface area (Å²) in [6.07, 6.45) is 2.33. The molecule has 0 heterocycles. The van der Waals surface area contributed by atoms with Crippen molar-refractivity contribution in [3.05, 3.63) is 35.1 Å². The molecule has 1 fully saturated rings. The van der Waals surface area contributed by atoms with Gasteiger partial charge in [-0.05, 0) is 58.1 Å². The van der Waals surface area contributed by atoms with Crippen LogP contribution in [0.3, 0.4) is 0 Å². The summed E-state index contributed by atoms with van der Waals surface area (Å²) in [7, 11) is 0. The lowest BCUT2D eigenvalue weighted by Crippen LogP contribution is -2.40. The van der Waals surface area contributed by atoms with Gasteiger partial charge in [0, 0.05) is 16.9 Å². The molecule has 19 heavy (non-hydrogen) atoms. The fraction of sp³-hybridized carbons (Fsp3) is 0.600. The van der Waals surface area contributed by atoms with Gasteiger partial charge in [-0.2, -0.15) is 0 Å². The Balaban J connectivity index is 2.08. The second kappa shape index (κ2) is 5.43. The summed E-state index contributed by atoms with van der Waals surface area (Å²) < 4.78 is 28.7. The zero-order valence-electron chi connectivity index (χ0n) is 12.0. The highest BCUT2D eigenvalue weighted by Crippen LogP contribution is 2.40. The van der Waals surface area contributed by atoms with Crippen molar-refractivity contribution in [1.29, 1.82) is 0 Å². The Labute approximate surface area is 118 Å². The largest absolute Gasteiger partial charge is 0.598 e. The third-order valence-corrected chi connectivity index (χ3v) is 5.06. The molecular weight excluding hydrogens is 261 g/mol. The monoisotopic (exact) mass is 283 g/mol. The van der Waals surface area contributed by atoms with Crippen LogP contribution in [0.5, 0.6) is 0 Å². The Morgan fingerprint density at radius 3 is 2.47 bits per heavy atom. The van der Waals surface area contributed by atoms with Crippen LogP contribution < -0.4 is 4.72 Å². The molecule has 106 valence electrons. The number of nitrogens with one attached hydrogen (secondary N) is 1. The van der Waals surface area contributed by atoms with Gasteiger partial charge in [0.25, 0.3) is 0 Å². The van der Waals surface area contributed by atoms with E-state index in [1.54, 1.807) is 6.07 Å². The first-order chi connectivity index (χ1) is 8.79. The van der Waals surface area contributed by atoms with Crippen LogP contribution in [0.15, 0.2) is 18.2 Å². The van der Waals surface area contributed by atoms with E-state index >= 15 is 0 Å². The number of benzene rings is 1. The molecule has 0 amide bonds. The maximum atomic E-state index is 14.1. The molecule has 2 atom stereocenters. The minimum Gasteiger partial charge on any atom is -0.598 e. The minimum atomic E-state index is -1.19. The second-order valence-corrected chi connectivity index (χ2v) is 8.27. The fourth-order valence-corrected chi connectivity index (χ4v) is 2.77. The summed E-state index contributed by atoms with van der Waals surface area (Å²) in [6.45, 7) is 7.54. The molecule has 0 aliphatic heterocycles. The van der Waals surface area contributed by atoms with Crippen molar-refractivity contribution < 1.29 is 8.94 Å². The molecule has 0 aromatic heterocycles. The molecule has 0 saturated heterocycles. The van der Waals surface area contributed by atoms with E-state index in [0.29, 0.717) is 11.5 Å². The highest BCUT2D eigenvalue weighted by Gasteiger charge is 2.30. The van der Waals surface area contributed by atoms with Crippen molar-refractivity contribution in [2.75, 3.05) is 0 Å². The van der Waals surface area contributed by atoms with Crippen LogP contribution in [0, 0.1) is 5.82 Å². The molecule has 1 aromatic rings. The Kier molecular flexibility index (Phi) is 4.23. The number of hydrogen-bond donors (Lipinski definition) is 1. The van der Waals surface area contributed by atoms with E-state index in [9.17, 15) is 8.94 Å². The molecule has 2 nitrogen and oxygen atoms in total. The Morgan fingerprint density at radius 2 is 2.00 bits per heavy atom. The minimum absolute atomic E-state index is 0.199. The number of hydrogen-bond acceptors (Lipinski definition) is 2. The van der Waals surface area contributed by atoms with Crippen LogP contribution in [0.2, 0.25) is 0 Å². The standard InChI is InChI=1S/C15H22FNOS/c1-10(17-19(18)15(2,3)4)13-8-7-12(9-14(13)16)11-5-6-11/h7-11,17H,5-6H2,1-4H3/t10?,19-/m1/s1. The van der Waals surface area contributed by atoms with Crippen molar-refractivity contribution in [1.82, 2.24) is 4.72 Å². The highest BCUT2D eigenvalue weighted by atomic mass is 32.2. The third kappa shape index (κ3) is 3.71. The molecule has 0 radical (unpaired) electrons. The highest BCUT2D eigenvalue weighted by molar-refractivity contribution is 7.90. The van der Waals surface area contributed by atoms with Crippen LogP contribution in [-0.2, 0) is 11.4 Å². The molecule has 1 saturated carbocycles. The average Bonchev–Trinajstić information content (AvgIpc) is 3.10. The normalized spacial score (nSPS) is 19.3. The fourth-order valence-electron chi connectivity index (χ4n) is 1.97. The molecule has 0 bridgehead atoms. The van der Waals surface area contributed by atoms with Gasteiger partial charge in [0.05, 0.1) is 6.04 Å². The van der Waals surface area contributed by atoms with Crippen molar-refractivity contribution >= 4 is 11.4 Å². The predicted octanol–water partition coefficient (Wildman–Crippen LogP) is 3.82. The van der Waals surface area contributed by atoms with Crippen LogP contribution in [-0.4, -0.2) is 9.30 Å². The Hall–Kier alpha value is -0.580. The third-order valence-electron chi connectivity index (χ3n) is 3.38. The van der Waals surface area contributed by atoms with E-state index in [4.69, 9.17) is 0 Å². The van der Waals surface area contributed by atoms with Gasteiger partial charge < -0.3 is 4.55 Å². The summed E-state index contributed by atoms with van der Waals surface area (Å²) in [5.74, 6) is 0.353. The molecule has 4 heteroatoms. The summed E-state index contributed by atoms with van der Waals surface area (Å²) in [5.41, 5.74) is 1.67. The summed E-state index contributed by atoms with van der Waals surface area (Å²) in [4.78, 5) is 0. The van der Waals surface area contributed by atoms with Gasteiger partial charge >= 0.3 is 0 Å². The summed E-state index contributed by atoms with van der Waals surface area (Å²) in [5, 5.41) is 0. The Bertz CT molecular complexity index is 454. The first kappa shape index (κ1) is 14.8. The predicted molar refractivity (Wildman–Crippen MR) is 77.8 cm³/mol. The van der Waals surface area contributed by atoms with Crippen molar-refractivity contribution in [2.45, 2.75) is 57.2 Å². The van der Waals surface area contributed by atoms with Crippen molar-refractivity contribution in [3.63, 3.8) is 0 Å². The summed E-state index contributed by atoms with van der Waals surface area (Å²) >= 11 is -1.19. The maximum Gasteiger partial charge on any atom is 0.136 e. The molecule has 2 rings (SSSR count). The van der Waals surface area contributed by atoms with Gasteiger partial charge in [0.1, 0.15) is 10.6 Å². The van der Waals surface area contributed by atoms with Crippen LogP contribution >= 0.6 is 0 Å². The molecule has 1 N–H and O–H groups in total. The van der Waals surface area contributed by atoms with Crippen LogP contribution in [0.4, 0.5) is 4.39 Å². The lowest BCUT2D eigenvalue weighted by Gasteiger charge is -2.26. The number of rotatable bonds is 4. The zero-order valence-corrected chi connectivity index (χ0v) is 12.8. The molecule has 1 aromatic carbocycles. The average molecular weight is 283 g/mol. The van der Waals surface area contributed by atoms with E-state index in [-0.39, 0.29) is 16.6 Å². The van der Waals surface area contributed by atoms with Crippen LogP contribution in [0.1, 0.15) is 63.6 Å². The lowest BCUT2D eigenvalue weighted by atomic mass is 10.0. The topological polar surface area (TPSA) is 35.1 Å². The first-order valence-electron chi connectivity index (χ1n) is 6.76. The lowest BCUT2D eigenvalue weighted by molar-refractivity contribution is 0.522. The van der Waals surface area contributed by atoms with E-state index in [2.05, 4.69) is 4.72 Å². The van der Waals surface area contributed by atoms with Crippen molar-refractivity contribution in [2.24, 2.45) is 0 Å². The van der Waals surface area contributed by atoms with Crippen molar-refractivity contribution in [3.8, 4) is 0 Å². The SMILES string of the molecule is CC(N[S@+]([O-])C(C)(C)C)c1ccc(C2CC2)cc1F.